The highest BCUT2D eigenvalue weighted by atomic mass is 32.2. The molecule has 24 heavy (non-hydrogen) atoms. The Morgan fingerprint density at radius 3 is 2.38 bits per heavy atom. The second-order valence-corrected chi connectivity index (χ2v) is 8.34. The first kappa shape index (κ1) is 18.3. The van der Waals surface area contributed by atoms with Crippen LogP contribution >= 0.6 is 0 Å². The molecule has 2 atom stereocenters. The molecule has 0 radical (unpaired) electrons. The third kappa shape index (κ3) is 4.70. The van der Waals surface area contributed by atoms with Gasteiger partial charge in [-0.15, -0.1) is 0 Å². The van der Waals surface area contributed by atoms with E-state index in [9.17, 15) is 18.0 Å². The summed E-state index contributed by atoms with van der Waals surface area (Å²) in [5.41, 5.74) is 1.59. The van der Waals surface area contributed by atoms with Crippen molar-refractivity contribution in [1.29, 1.82) is 0 Å². The van der Waals surface area contributed by atoms with E-state index in [-0.39, 0.29) is 17.9 Å². The second kappa shape index (κ2) is 7.21. The number of nitrogens with zero attached hydrogens (tertiary/aromatic N) is 1. The van der Waals surface area contributed by atoms with Gasteiger partial charge in [0.05, 0.1) is 17.4 Å². The maximum atomic E-state index is 12.1. The van der Waals surface area contributed by atoms with Crippen molar-refractivity contribution in [2.45, 2.75) is 19.4 Å². The van der Waals surface area contributed by atoms with Crippen molar-refractivity contribution in [3.05, 3.63) is 24.3 Å². The second-order valence-electron chi connectivity index (χ2n) is 6.11. The van der Waals surface area contributed by atoms with Gasteiger partial charge in [0.1, 0.15) is 0 Å². The molecular formula is C16H22N2O5S. The van der Waals surface area contributed by atoms with Gasteiger partial charge in [0.25, 0.3) is 5.91 Å². The van der Waals surface area contributed by atoms with E-state index in [1.807, 2.05) is 31.1 Å². The summed E-state index contributed by atoms with van der Waals surface area (Å²) in [4.78, 5) is 26.0. The zero-order valence-electron chi connectivity index (χ0n) is 14.0. The monoisotopic (exact) mass is 354 g/mol. The highest BCUT2D eigenvalue weighted by Crippen LogP contribution is 2.21. The van der Waals surface area contributed by atoms with E-state index in [0.29, 0.717) is 5.69 Å². The van der Waals surface area contributed by atoms with Crippen LogP contribution in [0.2, 0.25) is 0 Å². The molecule has 1 aliphatic rings. The van der Waals surface area contributed by atoms with Crippen molar-refractivity contribution >= 4 is 33.1 Å². The predicted molar refractivity (Wildman–Crippen MR) is 91.7 cm³/mol. The van der Waals surface area contributed by atoms with Crippen molar-refractivity contribution in [3.8, 4) is 0 Å². The van der Waals surface area contributed by atoms with Gasteiger partial charge in [0, 0.05) is 25.5 Å². The van der Waals surface area contributed by atoms with Crippen LogP contribution in [0.15, 0.2) is 24.3 Å². The zero-order chi connectivity index (χ0) is 17.9. The van der Waals surface area contributed by atoms with Crippen LogP contribution in [0, 0.1) is 5.92 Å². The summed E-state index contributed by atoms with van der Waals surface area (Å²) in [5.74, 6) is -1.98. The van der Waals surface area contributed by atoms with E-state index in [1.165, 1.54) is 6.92 Å². The molecule has 1 aliphatic heterocycles. The SMILES string of the molecule is C[C@H](OC(=O)[C@H]1CCS(=O)(=O)C1)C(=O)Nc1ccc(N(C)C)cc1. The normalized spacial score (nSPS) is 20.2. The van der Waals surface area contributed by atoms with Gasteiger partial charge in [-0.05, 0) is 37.6 Å². The van der Waals surface area contributed by atoms with E-state index in [2.05, 4.69) is 5.32 Å². The van der Waals surface area contributed by atoms with Gasteiger partial charge >= 0.3 is 5.97 Å². The summed E-state index contributed by atoms with van der Waals surface area (Å²) >= 11 is 0. The average Bonchev–Trinajstić information content (AvgIpc) is 2.88. The lowest BCUT2D eigenvalue weighted by molar-refractivity contribution is -0.156. The van der Waals surface area contributed by atoms with Crippen LogP contribution in [0.5, 0.6) is 0 Å². The minimum absolute atomic E-state index is 0.00837. The molecule has 1 heterocycles. The number of carbonyl (C=O) groups excluding carboxylic acids is 2. The number of benzene rings is 1. The average molecular weight is 354 g/mol. The molecule has 1 N–H and O–H groups in total. The first-order chi connectivity index (χ1) is 11.2. The number of ether oxygens (including phenoxy) is 1. The number of carbonyl (C=O) groups is 2. The summed E-state index contributed by atoms with van der Waals surface area (Å²) < 4.78 is 27.9. The summed E-state index contributed by atoms with van der Waals surface area (Å²) in [6.07, 6.45) is -0.740. The minimum Gasteiger partial charge on any atom is -0.452 e. The number of amides is 1. The van der Waals surface area contributed by atoms with Gasteiger partial charge in [-0.2, -0.15) is 0 Å². The van der Waals surface area contributed by atoms with Crippen LogP contribution in [0.25, 0.3) is 0 Å². The van der Waals surface area contributed by atoms with E-state index < -0.39 is 33.7 Å². The van der Waals surface area contributed by atoms with Crippen molar-refractivity contribution in [2.24, 2.45) is 5.92 Å². The van der Waals surface area contributed by atoms with Gasteiger partial charge in [-0.25, -0.2) is 8.42 Å². The quantitative estimate of drug-likeness (QED) is 0.795. The fourth-order valence-electron chi connectivity index (χ4n) is 2.39. The third-order valence-corrected chi connectivity index (χ3v) is 5.65. The smallest absolute Gasteiger partial charge is 0.310 e. The van der Waals surface area contributed by atoms with Crippen LogP contribution in [0.1, 0.15) is 13.3 Å². The molecule has 1 saturated heterocycles. The molecule has 0 spiro atoms. The molecule has 0 bridgehead atoms. The molecule has 1 aromatic carbocycles. The Kier molecular flexibility index (Phi) is 5.48. The van der Waals surface area contributed by atoms with Crippen LogP contribution in [-0.4, -0.2) is 52.0 Å². The standard InChI is InChI=1S/C16H22N2O5S/c1-11(23-16(20)12-8-9-24(21,22)10-12)15(19)17-13-4-6-14(7-5-13)18(2)3/h4-7,11-12H,8-10H2,1-3H3,(H,17,19)/t11-,12-/m0/s1. The number of nitrogens with one attached hydrogen (secondary N) is 1. The molecule has 0 aliphatic carbocycles. The topological polar surface area (TPSA) is 92.8 Å². The van der Waals surface area contributed by atoms with E-state index in [1.54, 1.807) is 12.1 Å². The molecule has 1 aromatic rings. The van der Waals surface area contributed by atoms with E-state index in [0.717, 1.165) is 5.69 Å². The maximum Gasteiger partial charge on any atom is 0.310 e. The lowest BCUT2D eigenvalue weighted by Crippen LogP contribution is -2.32. The van der Waals surface area contributed by atoms with Crippen LogP contribution in [-0.2, 0) is 24.2 Å². The van der Waals surface area contributed by atoms with E-state index in [4.69, 9.17) is 4.74 Å². The van der Waals surface area contributed by atoms with Gasteiger partial charge in [0.15, 0.2) is 15.9 Å². The number of hydrogen-bond acceptors (Lipinski definition) is 6. The summed E-state index contributed by atoms with van der Waals surface area (Å²) in [5, 5.41) is 2.67. The molecule has 1 amide bonds. The number of hydrogen-bond donors (Lipinski definition) is 1. The van der Waals surface area contributed by atoms with Crippen LogP contribution in [0.3, 0.4) is 0 Å². The van der Waals surface area contributed by atoms with Gasteiger partial charge < -0.3 is 15.0 Å². The molecule has 0 saturated carbocycles. The highest BCUT2D eigenvalue weighted by Gasteiger charge is 2.35. The Labute approximate surface area is 141 Å². The number of esters is 1. The maximum absolute atomic E-state index is 12.1. The van der Waals surface area contributed by atoms with Crippen LogP contribution in [0.4, 0.5) is 11.4 Å². The molecule has 132 valence electrons. The first-order valence-corrected chi connectivity index (χ1v) is 9.49. The molecular weight excluding hydrogens is 332 g/mol. The number of anilines is 2. The van der Waals surface area contributed by atoms with Crippen molar-refractivity contribution < 1.29 is 22.7 Å². The summed E-state index contributed by atoms with van der Waals surface area (Å²) in [6.45, 7) is 1.46. The first-order valence-electron chi connectivity index (χ1n) is 7.67. The van der Waals surface area contributed by atoms with Crippen molar-refractivity contribution in [1.82, 2.24) is 0 Å². The Hall–Kier alpha value is -2.09. The minimum atomic E-state index is -3.16. The largest absolute Gasteiger partial charge is 0.452 e. The van der Waals surface area contributed by atoms with Gasteiger partial charge in [-0.3, -0.25) is 9.59 Å². The molecule has 0 unspecified atom stereocenters. The molecule has 7 nitrogen and oxygen atoms in total. The van der Waals surface area contributed by atoms with Crippen molar-refractivity contribution in [3.63, 3.8) is 0 Å². The number of sulfone groups is 1. The molecule has 0 aromatic heterocycles. The highest BCUT2D eigenvalue weighted by molar-refractivity contribution is 7.91. The van der Waals surface area contributed by atoms with Crippen molar-refractivity contribution in [2.75, 3.05) is 35.8 Å². The fourth-order valence-corrected chi connectivity index (χ4v) is 4.12. The Bertz CT molecular complexity index is 712. The van der Waals surface area contributed by atoms with E-state index >= 15 is 0 Å². The van der Waals surface area contributed by atoms with Gasteiger partial charge in [-0.1, -0.05) is 0 Å². The molecule has 1 fully saturated rings. The lowest BCUT2D eigenvalue weighted by atomic mass is 10.1. The summed E-state index contributed by atoms with van der Waals surface area (Å²) in [7, 11) is 0.668. The lowest BCUT2D eigenvalue weighted by Gasteiger charge is -2.16. The third-order valence-electron chi connectivity index (χ3n) is 3.88. The summed E-state index contributed by atoms with van der Waals surface area (Å²) in [6, 6.07) is 7.22. The molecule has 8 heteroatoms. The fraction of sp³-hybridized carbons (Fsp3) is 0.500. The Morgan fingerprint density at radius 1 is 1.25 bits per heavy atom. The number of rotatable bonds is 5. The Balaban J connectivity index is 1.89. The van der Waals surface area contributed by atoms with Gasteiger partial charge in [0.2, 0.25) is 0 Å². The van der Waals surface area contributed by atoms with Crippen LogP contribution < -0.4 is 10.2 Å². The predicted octanol–water partition coefficient (Wildman–Crippen LogP) is 1.06. The molecule has 2 rings (SSSR count). The zero-order valence-corrected chi connectivity index (χ0v) is 14.8. The Morgan fingerprint density at radius 2 is 1.88 bits per heavy atom.